The lowest BCUT2D eigenvalue weighted by molar-refractivity contribution is -0.143. The molecule has 0 aromatic heterocycles. The van der Waals surface area contributed by atoms with Crippen LogP contribution in [0.5, 0.6) is 0 Å². The minimum Gasteiger partial charge on any atom is -0.465 e. The predicted molar refractivity (Wildman–Crippen MR) is 60.9 cm³/mol. The number of rotatable bonds is 4. The molecule has 0 saturated carbocycles. The third-order valence-electron chi connectivity index (χ3n) is 2.21. The van der Waals surface area contributed by atoms with Crippen molar-refractivity contribution < 1.29 is 22.7 Å². The Labute approximate surface area is 104 Å². The van der Waals surface area contributed by atoms with E-state index in [1.165, 1.54) is 12.1 Å². The number of hydrogen-bond acceptors (Lipinski definition) is 2. The van der Waals surface area contributed by atoms with Crippen LogP contribution in [-0.2, 0) is 22.1 Å². The Bertz CT molecular complexity index is 394. The van der Waals surface area contributed by atoms with Crippen molar-refractivity contribution in [3.8, 4) is 0 Å². The first-order chi connectivity index (χ1) is 8.29. The highest BCUT2D eigenvalue weighted by atomic mass is 19.4. The number of carbonyl (C=O) groups excluding carboxylic acids is 1. The molecule has 0 fully saturated rings. The maximum Gasteiger partial charge on any atom is 0.416 e. The van der Waals surface area contributed by atoms with Crippen LogP contribution in [0, 0.1) is 5.92 Å². The maximum absolute atomic E-state index is 12.3. The molecule has 100 valence electrons. The van der Waals surface area contributed by atoms with Gasteiger partial charge in [-0.1, -0.05) is 26.0 Å². The fourth-order valence-corrected chi connectivity index (χ4v) is 1.29. The molecule has 2 nitrogen and oxygen atoms in total. The van der Waals surface area contributed by atoms with E-state index in [1.54, 1.807) is 0 Å². The van der Waals surface area contributed by atoms with Crippen LogP contribution in [0.25, 0.3) is 0 Å². The molecular weight excluding hydrogens is 245 g/mol. The summed E-state index contributed by atoms with van der Waals surface area (Å²) in [5.74, 6) is -0.190. The van der Waals surface area contributed by atoms with Crippen molar-refractivity contribution >= 4 is 5.97 Å². The van der Waals surface area contributed by atoms with Gasteiger partial charge < -0.3 is 4.74 Å². The molecule has 0 amide bonds. The second-order valence-corrected chi connectivity index (χ2v) is 4.45. The molecule has 0 radical (unpaired) electrons. The van der Waals surface area contributed by atoms with Gasteiger partial charge in [-0.25, -0.2) is 0 Å². The summed E-state index contributed by atoms with van der Waals surface area (Å²) in [6.45, 7) is 4.14. The lowest BCUT2D eigenvalue weighted by Crippen LogP contribution is -2.12. The van der Waals surface area contributed by atoms with Gasteiger partial charge in [-0.3, -0.25) is 4.79 Å². The summed E-state index contributed by atoms with van der Waals surface area (Å²) >= 11 is 0. The van der Waals surface area contributed by atoms with Crippen LogP contribution in [0.1, 0.15) is 25.0 Å². The first kappa shape index (κ1) is 14.5. The predicted octanol–water partition coefficient (Wildman–Crippen LogP) is 3.45. The standard InChI is InChI=1S/C13H15F3O2/c1-9(2)8-18-12(17)7-10-3-5-11(6-4-10)13(14,15)16/h3-6,9H,7-8H2,1-2H3. The van der Waals surface area contributed by atoms with E-state index in [2.05, 4.69) is 0 Å². The molecule has 0 N–H and O–H groups in total. The third-order valence-corrected chi connectivity index (χ3v) is 2.21. The Hall–Kier alpha value is -1.52. The van der Waals surface area contributed by atoms with E-state index in [9.17, 15) is 18.0 Å². The van der Waals surface area contributed by atoms with Crippen molar-refractivity contribution in [3.05, 3.63) is 35.4 Å². The minimum absolute atomic E-state index is 0.00907. The fraction of sp³-hybridized carbons (Fsp3) is 0.462. The molecule has 0 unspecified atom stereocenters. The minimum atomic E-state index is -4.35. The highest BCUT2D eigenvalue weighted by molar-refractivity contribution is 5.72. The van der Waals surface area contributed by atoms with Crippen LogP contribution in [0.15, 0.2) is 24.3 Å². The highest BCUT2D eigenvalue weighted by Gasteiger charge is 2.29. The SMILES string of the molecule is CC(C)COC(=O)Cc1ccc(C(F)(F)F)cc1. The Balaban J connectivity index is 2.56. The van der Waals surface area contributed by atoms with Gasteiger partial charge in [-0.2, -0.15) is 13.2 Å². The van der Waals surface area contributed by atoms with Gasteiger partial charge in [0.25, 0.3) is 0 Å². The van der Waals surface area contributed by atoms with Crippen LogP contribution in [0.4, 0.5) is 13.2 Å². The van der Waals surface area contributed by atoms with Gasteiger partial charge in [-0.05, 0) is 23.6 Å². The first-order valence-corrected chi connectivity index (χ1v) is 5.61. The molecule has 0 aliphatic carbocycles. The summed E-state index contributed by atoms with van der Waals surface area (Å²) in [5, 5.41) is 0. The average molecular weight is 260 g/mol. The van der Waals surface area contributed by atoms with Gasteiger partial charge >= 0.3 is 12.1 Å². The van der Waals surface area contributed by atoms with Gasteiger partial charge in [-0.15, -0.1) is 0 Å². The van der Waals surface area contributed by atoms with Gasteiger partial charge in [0.05, 0.1) is 18.6 Å². The van der Waals surface area contributed by atoms with Crippen molar-refractivity contribution in [1.82, 2.24) is 0 Å². The number of esters is 1. The summed E-state index contributed by atoms with van der Waals surface area (Å²) in [7, 11) is 0. The van der Waals surface area contributed by atoms with Crippen LogP contribution in [0.2, 0.25) is 0 Å². The van der Waals surface area contributed by atoms with Gasteiger partial charge in [0.15, 0.2) is 0 Å². The normalized spacial score (nSPS) is 11.7. The molecule has 0 aliphatic heterocycles. The zero-order chi connectivity index (χ0) is 13.8. The molecule has 0 atom stereocenters. The number of hydrogen-bond donors (Lipinski definition) is 0. The second-order valence-electron chi connectivity index (χ2n) is 4.45. The van der Waals surface area contributed by atoms with Crippen molar-refractivity contribution in [2.45, 2.75) is 26.4 Å². The maximum atomic E-state index is 12.3. The van der Waals surface area contributed by atoms with Crippen molar-refractivity contribution in [1.29, 1.82) is 0 Å². The Kier molecular flexibility index (Phi) is 4.76. The topological polar surface area (TPSA) is 26.3 Å². The molecule has 0 heterocycles. The molecule has 0 spiro atoms. The van der Waals surface area contributed by atoms with Crippen molar-refractivity contribution in [3.63, 3.8) is 0 Å². The molecule has 1 aromatic carbocycles. The quantitative estimate of drug-likeness (QED) is 0.775. The monoisotopic (exact) mass is 260 g/mol. The number of halogens is 3. The molecule has 18 heavy (non-hydrogen) atoms. The molecule has 1 rings (SSSR count). The van der Waals surface area contributed by atoms with Gasteiger partial charge in [0, 0.05) is 0 Å². The number of alkyl halides is 3. The van der Waals surface area contributed by atoms with Gasteiger partial charge in [0.2, 0.25) is 0 Å². The van der Waals surface area contributed by atoms with Crippen LogP contribution < -0.4 is 0 Å². The molecule has 0 aliphatic rings. The summed E-state index contributed by atoms with van der Waals surface area (Å²) in [6, 6.07) is 4.51. The Morgan fingerprint density at radius 2 is 1.78 bits per heavy atom. The number of ether oxygens (including phenoxy) is 1. The van der Waals surface area contributed by atoms with E-state index in [1.807, 2.05) is 13.8 Å². The summed E-state index contributed by atoms with van der Waals surface area (Å²) in [4.78, 5) is 11.4. The van der Waals surface area contributed by atoms with E-state index in [0.29, 0.717) is 12.2 Å². The van der Waals surface area contributed by atoms with E-state index < -0.39 is 17.7 Å². The van der Waals surface area contributed by atoms with Crippen LogP contribution >= 0.6 is 0 Å². The summed E-state index contributed by atoms with van der Waals surface area (Å²) in [6.07, 6.45) is -4.36. The third kappa shape index (κ3) is 4.77. The summed E-state index contributed by atoms with van der Waals surface area (Å²) < 4.78 is 41.8. The molecular formula is C13H15F3O2. The zero-order valence-electron chi connectivity index (χ0n) is 10.3. The van der Waals surface area contributed by atoms with Crippen LogP contribution in [0.3, 0.4) is 0 Å². The highest BCUT2D eigenvalue weighted by Crippen LogP contribution is 2.29. The van der Waals surface area contributed by atoms with E-state index >= 15 is 0 Å². The lowest BCUT2D eigenvalue weighted by atomic mass is 10.1. The van der Waals surface area contributed by atoms with E-state index in [0.717, 1.165) is 12.1 Å². The molecule has 0 bridgehead atoms. The van der Waals surface area contributed by atoms with E-state index in [4.69, 9.17) is 4.74 Å². The number of benzene rings is 1. The Morgan fingerprint density at radius 3 is 2.22 bits per heavy atom. The Morgan fingerprint density at radius 1 is 1.22 bits per heavy atom. The number of carbonyl (C=O) groups is 1. The molecule has 0 saturated heterocycles. The average Bonchev–Trinajstić information content (AvgIpc) is 2.26. The first-order valence-electron chi connectivity index (χ1n) is 5.61. The lowest BCUT2D eigenvalue weighted by Gasteiger charge is -2.09. The van der Waals surface area contributed by atoms with E-state index in [-0.39, 0.29) is 12.3 Å². The molecule has 5 heteroatoms. The molecule has 1 aromatic rings. The smallest absolute Gasteiger partial charge is 0.416 e. The van der Waals surface area contributed by atoms with Crippen molar-refractivity contribution in [2.24, 2.45) is 5.92 Å². The second kappa shape index (κ2) is 5.89. The van der Waals surface area contributed by atoms with Crippen LogP contribution in [-0.4, -0.2) is 12.6 Å². The fourth-order valence-electron chi connectivity index (χ4n) is 1.29. The summed E-state index contributed by atoms with van der Waals surface area (Å²) in [5.41, 5.74) is -0.210. The van der Waals surface area contributed by atoms with Crippen molar-refractivity contribution in [2.75, 3.05) is 6.61 Å². The largest absolute Gasteiger partial charge is 0.465 e. The van der Waals surface area contributed by atoms with Gasteiger partial charge in [0.1, 0.15) is 0 Å². The zero-order valence-corrected chi connectivity index (χ0v) is 10.3.